The van der Waals surface area contributed by atoms with Crippen LogP contribution in [-0.2, 0) is 32.3 Å². The predicted molar refractivity (Wildman–Crippen MR) is 119 cm³/mol. The van der Waals surface area contributed by atoms with Gasteiger partial charge >= 0.3 is 18.1 Å². The van der Waals surface area contributed by atoms with Gasteiger partial charge in [0.25, 0.3) is 0 Å². The Morgan fingerprint density at radius 1 is 1.21 bits per heavy atom. The largest absolute Gasteiger partial charge is 0.467 e. The minimum absolute atomic E-state index is 0.211. The van der Waals surface area contributed by atoms with Gasteiger partial charge in [0.05, 0.1) is 32.1 Å². The van der Waals surface area contributed by atoms with Crippen LogP contribution in [0.25, 0.3) is 0 Å². The van der Waals surface area contributed by atoms with E-state index in [9.17, 15) is 14.4 Å². The van der Waals surface area contributed by atoms with Crippen LogP contribution < -0.4 is 5.32 Å². The fraction of sp³-hybridized carbons (Fsp3) is 0.478. The number of hydrogen-bond donors (Lipinski definition) is 1. The second-order valence-corrected chi connectivity index (χ2v) is 9.10. The molecular weight excluding hydrogens is 442 g/mol. The zero-order valence-corrected chi connectivity index (χ0v) is 19.7. The maximum Gasteiger partial charge on any atom is 0.407 e. The van der Waals surface area contributed by atoms with Crippen LogP contribution >= 0.6 is 0 Å². The van der Waals surface area contributed by atoms with Crippen molar-refractivity contribution in [2.75, 3.05) is 20.2 Å². The number of methoxy groups -OCH3 is 1. The highest BCUT2D eigenvalue weighted by molar-refractivity contribution is 5.87. The van der Waals surface area contributed by atoms with Gasteiger partial charge in [-0.3, -0.25) is 9.52 Å². The van der Waals surface area contributed by atoms with Crippen LogP contribution in [0, 0.1) is 0 Å². The summed E-state index contributed by atoms with van der Waals surface area (Å²) < 4.78 is 11.9. The molecule has 1 aromatic carbocycles. The average molecular weight is 472 g/mol. The number of nitrogens with one attached hydrogen (secondary N) is 1. The van der Waals surface area contributed by atoms with Crippen LogP contribution in [0.1, 0.15) is 49.7 Å². The Bertz CT molecular complexity index is 1060. The second kappa shape index (κ2) is 9.34. The van der Waals surface area contributed by atoms with Crippen molar-refractivity contribution in [3.63, 3.8) is 0 Å². The molecule has 0 spiro atoms. The molecule has 4 rings (SSSR count). The van der Waals surface area contributed by atoms with E-state index in [1.165, 1.54) is 17.1 Å². The van der Waals surface area contributed by atoms with Crippen molar-refractivity contribution in [1.82, 2.24) is 25.1 Å². The number of benzene rings is 1. The number of hydroxylamine groups is 2. The summed E-state index contributed by atoms with van der Waals surface area (Å²) in [5, 5.41) is 8.42. The van der Waals surface area contributed by atoms with Crippen molar-refractivity contribution >= 4 is 18.1 Å². The fourth-order valence-corrected chi connectivity index (χ4v) is 4.12. The third-order valence-corrected chi connectivity index (χ3v) is 5.56. The molecule has 0 radical (unpaired) electrons. The lowest BCUT2D eigenvalue weighted by atomic mass is 9.98. The molecule has 11 heteroatoms. The van der Waals surface area contributed by atoms with Crippen molar-refractivity contribution in [3.05, 3.63) is 53.3 Å². The van der Waals surface area contributed by atoms with E-state index >= 15 is 0 Å². The van der Waals surface area contributed by atoms with Crippen LogP contribution in [0.15, 0.2) is 36.5 Å². The van der Waals surface area contributed by atoms with Gasteiger partial charge in [0.15, 0.2) is 6.04 Å². The number of ether oxygens (including phenoxy) is 2. The molecule has 1 N–H and O–H groups in total. The van der Waals surface area contributed by atoms with Crippen molar-refractivity contribution in [3.8, 4) is 0 Å². The van der Waals surface area contributed by atoms with Crippen LogP contribution in [0.5, 0.6) is 0 Å². The zero-order chi connectivity index (χ0) is 24.5. The minimum Gasteiger partial charge on any atom is -0.467 e. The molecular formula is C23H29N5O6. The molecule has 1 fully saturated rings. The molecule has 3 heterocycles. The SMILES string of the molecule is COC(=O)[C@@H]1c2c(cnn2CCNC(=O)OC(C)(C)C)[C@@H]2CN1C(=O)N2OCc1ccccc1. The average Bonchev–Trinajstić information content (AvgIpc) is 3.32. The Morgan fingerprint density at radius 2 is 1.94 bits per heavy atom. The maximum absolute atomic E-state index is 13.2. The summed E-state index contributed by atoms with van der Waals surface area (Å²) in [6.07, 6.45) is 1.09. The predicted octanol–water partition coefficient (Wildman–Crippen LogP) is 2.55. The molecule has 2 aromatic rings. The first kappa shape index (κ1) is 23.6. The first-order valence-electron chi connectivity index (χ1n) is 11.1. The number of carbonyl (C=O) groups excluding carboxylic acids is 3. The zero-order valence-electron chi connectivity index (χ0n) is 19.7. The Balaban J connectivity index is 1.53. The van der Waals surface area contributed by atoms with E-state index in [0.717, 1.165) is 5.56 Å². The summed E-state index contributed by atoms with van der Waals surface area (Å²) >= 11 is 0. The Labute approximate surface area is 197 Å². The van der Waals surface area contributed by atoms with Crippen LogP contribution in [0.4, 0.5) is 9.59 Å². The molecule has 2 aliphatic rings. The second-order valence-electron chi connectivity index (χ2n) is 9.10. The number of nitrogens with zero attached hydrogens (tertiary/aromatic N) is 4. The van der Waals surface area contributed by atoms with Gasteiger partial charge in [0.2, 0.25) is 0 Å². The van der Waals surface area contributed by atoms with E-state index < -0.39 is 35.8 Å². The molecule has 0 saturated carbocycles. The van der Waals surface area contributed by atoms with Gasteiger partial charge in [-0.1, -0.05) is 30.3 Å². The molecule has 1 aromatic heterocycles. The molecule has 0 aliphatic carbocycles. The number of amides is 3. The first-order chi connectivity index (χ1) is 16.2. The van der Waals surface area contributed by atoms with Crippen LogP contribution in [0.3, 0.4) is 0 Å². The first-order valence-corrected chi connectivity index (χ1v) is 11.1. The van der Waals surface area contributed by atoms with E-state index in [4.69, 9.17) is 14.3 Å². The molecule has 2 atom stereocenters. The summed E-state index contributed by atoms with van der Waals surface area (Å²) in [5.41, 5.74) is 1.57. The summed E-state index contributed by atoms with van der Waals surface area (Å²) in [7, 11) is 1.28. The molecule has 1 saturated heterocycles. The molecule has 3 amide bonds. The number of hydrogen-bond acceptors (Lipinski definition) is 7. The topological polar surface area (TPSA) is 115 Å². The summed E-state index contributed by atoms with van der Waals surface area (Å²) in [6, 6.07) is 7.73. The van der Waals surface area contributed by atoms with Gasteiger partial charge in [-0.15, -0.1) is 0 Å². The van der Waals surface area contributed by atoms with E-state index in [2.05, 4.69) is 10.4 Å². The number of aromatic nitrogens is 2. The lowest BCUT2D eigenvalue weighted by Gasteiger charge is -2.29. The van der Waals surface area contributed by atoms with Gasteiger partial charge in [0.1, 0.15) is 18.2 Å². The van der Waals surface area contributed by atoms with E-state index in [1.807, 2.05) is 30.3 Å². The number of urea groups is 1. The summed E-state index contributed by atoms with van der Waals surface area (Å²) in [4.78, 5) is 45.2. The molecule has 2 aliphatic heterocycles. The minimum atomic E-state index is -0.960. The lowest BCUT2D eigenvalue weighted by Crippen LogP contribution is -2.40. The van der Waals surface area contributed by atoms with Gasteiger partial charge in [-0.25, -0.2) is 14.4 Å². The lowest BCUT2D eigenvalue weighted by molar-refractivity contribution is -0.146. The highest BCUT2D eigenvalue weighted by atomic mass is 16.7. The Morgan fingerprint density at radius 3 is 2.62 bits per heavy atom. The third-order valence-electron chi connectivity index (χ3n) is 5.56. The molecule has 0 unspecified atom stereocenters. The summed E-state index contributed by atoms with van der Waals surface area (Å²) in [6.45, 7) is 6.34. The molecule has 182 valence electrons. The van der Waals surface area contributed by atoms with Crippen LogP contribution in [-0.4, -0.2) is 63.6 Å². The highest BCUT2D eigenvalue weighted by Gasteiger charge is 2.53. The number of fused-ring (bicyclic) bond motifs is 4. The normalized spacial score (nSPS) is 19.1. The molecule has 34 heavy (non-hydrogen) atoms. The number of esters is 1. The highest BCUT2D eigenvalue weighted by Crippen LogP contribution is 2.44. The summed E-state index contributed by atoms with van der Waals surface area (Å²) in [5.74, 6) is -0.570. The number of rotatable bonds is 7. The van der Waals surface area contributed by atoms with Gasteiger partial charge in [0, 0.05) is 12.1 Å². The molecule has 11 nitrogen and oxygen atoms in total. The van der Waals surface area contributed by atoms with E-state index in [-0.39, 0.29) is 26.2 Å². The molecule has 2 bridgehead atoms. The van der Waals surface area contributed by atoms with Crippen LogP contribution in [0.2, 0.25) is 0 Å². The van der Waals surface area contributed by atoms with Crippen molar-refractivity contribution < 1.29 is 28.7 Å². The van der Waals surface area contributed by atoms with Gasteiger partial charge in [-0.2, -0.15) is 10.2 Å². The van der Waals surface area contributed by atoms with E-state index in [0.29, 0.717) is 11.3 Å². The standard InChI is InChI=1S/C23H29N5O6/c1-23(2,3)34-21(30)24-10-11-27-18-16(12-25-27)17-13-26(19(18)20(29)32-4)22(31)28(17)33-14-15-8-6-5-7-9-15/h5-9,12,17,19H,10-11,13-14H2,1-4H3,(H,24,30)/t17-,19-/m0/s1. The Hall–Kier alpha value is -3.60. The Kier molecular flexibility index (Phi) is 6.47. The van der Waals surface area contributed by atoms with Gasteiger partial charge < -0.3 is 19.7 Å². The third kappa shape index (κ3) is 4.69. The number of carbonyl (C=O) groups is 3. The smallest absolute Gasteiger partial charge is 0.407 e. The fourth-order valence-electron chi connectivity index (χ4n) is 4.12. The van der Waals surface area contributed by atoms with Crippen molar-refractivity contribution in [1.29, 1.82) is 0 Å². The maximum atomic E-state index is 13.2. The monoisotopic (exact) mass is 471 g/mol. The van der Waals surface area contributed by atoms with Crippen molar-refractivity contribution in [2.45, 2.75) is 51.6 Å². The number of alkyl carbamates (subject to hydrolysis) is 1. The van der Waals surface area contributed by atoms with E-state index in [1.54, 1.807) is 31.6 Å². The van der Waals surface area contributed by atoms with Crippen molar-refractivity contribution in [2.24, 2.45) is 0 Å². The van der Waals surface area contributed by atoms with Gasteiger partial charge in [-0.05, 0) is 26.3 Å². The quantitative estimate of drug-likeness (QED) is 0.617.